The van der Waals surface area contributed by atoms with E-state index in [0.29, 0.717) is 12.1 Å². The molecular formula is C24H28N4O2. The SMILES string of the molecule is Cc1nccn1Cc1ccc(C(=O)NCc2ccc(CN3CCOCC3)cc2)cc1. The molecule has 2 heterocycles. The summed E-state index contributed by atoms with van der Waals surface area (Å²) in [6.07, 6.45) is 3.76. The first-order valence-electron chi connectivity index (χ1n) is 10.4. The summed E-state index contributed by atoms with van der Waals surface area (Å²) in [6, 6.07) is 16.2. The molecule has 0 unspecified atom stereocenters. The van der Waals surface area contributed by atoms with Gasteiger partial charge in [0.05, 0.1) is 13.2 Å². The fourth-order valence-corrected chi connectivity index (χ4v) is 3.59. The predicted octanol–water partition coefficient (Wildman–Crippen LogP) is 3.00. The number of morpholine rings is 1. The van der Waals surface area contributed by atoms with Crippen molar-refractivity contribution in [2.45, 2.75) is 26.6 Å². The number of amides is 1. The Morgan fingerprint density at radius 3 is 2.27 bits per heavy atom. The highest BCUT2D eigenvalue weighted by molar-refractivity contribution is 5.94. The summed E-state index contributed by atoms with van der Waals surface area (Å²) in [5.41, 5.74) is 4.20. The summed E-state index contributed by atoms with van der Waals surface area (Å²) in [5.74, 6) is 0.922. The Bertz CT molecular complexity index is 958. The van der Waals surface area contributed by atoms with Gasteiger partial charge in [0.15, 0.2) is 0 Å². The molecule has 0 spiro atoms. The predicted molar refractivity (Wildman–Crippen MR) is 116 cm³/mol. The van der Waals surface area contributed by atoms with E-state index in [-0.39, 0.29) is 5.91 Å². The monoisotopic (exact) mass is 404 g/mol. The summed E-state index contributed by atoms with van der Waals surface area (Å²) in [5, 5.41) is 3.01. The lowest BCUT2D eigenvalue weighted by molar-refractivity contribution is 0.0342. The van der Waals surface area contributed by atoms with Crippen LogP contribution in [-0.2, 0) is 24.4 Å². The number of benzene rings is 2. The summed E-state index contributed by atoms with van der Waals surface area (Å²) in [7, 11) is 0. The quantitative estimate of drug-likeness (QED) is 0.658. The van der Waals surface area contributed by atoms with Gasteiger partial charge in [-0.2, -0.15) is 0 Å². The second-order valence-corrected chi connectivity index (χ2v) is 7.69. The van der Waals surface area contributed by atoms with Gasteiger partial charge in [0, 0.05) is 50.7 Å². The number of carbonyl (C=O) groups is 1. The lowest BCUT2D eigenvalue weighted by Crippen LogP contribution is -2.35. The van der Waals surface area contributed by atoms with Crippen molar-refractivity contribution < 1.29 is 9.53 Å². The molecule has 1 fully saturated rings. The van der Waals surface area contributed by atoms with Crippen LogP contribution < -0.4 is 5.32 Å². The number of nitrogens with zero attached hydrogens (tertiary/aromatic N) is 3. The van der Waals surface area contributed by atoms with Gasteiger partial charge >= 0.3 is 0 Å². The minimum Gasteiger partial charge on any atom is -0.379 e. The van der Waals surface area contributed by atoms with Crippen LogP contribution in [0.2, 0.25) is 0 Å². The van der Waals surface area contributed by atoms with E-state index < -0.39 is 0 Å². The molecule has 4 rings (SSSR count). The number of rotatable bonds is 7. The standard InChI is InChI=1S/C24H28N4O2/c1-19-25-10-11-28(19)18-22-6-8-23(9-7-22)24(29)26-16-20-2-4-21(5-3-20)17-27-12-14-30-15-13-27/h2-11H,12-18H2,1H3,(H,26,29). The number of carbonyl (C=O) groups excluding carboxylic acids is 1. The van der Waals surface area contributed by atoms with Crippen molar-refractivity contribution in [2.75, 3.05) is 26.3 Å². The molecule has 0 aliphatic carbocycles. The van der Waals surface area contributed by atoms with Gasteiger partial charge in [-0.05, 0) is 35.7 Å². The van der Waals surface area contributed by atoms with Crippen LogP contribution in [0.5, 0.6) is 0 Å². The van der Waals surface area contributed by atoms with Gasteiger partial charge in [0.25, 0.3) is 5.91 Å². The average molecular weight is 405 g/mol. The van der Waals surface area contributed by atoms with Crippen molar-refractivity contribution in [3.8, 4) is 0 Å². The first kappa shape index (κ1) is 20.3. The Kier molecular flexibility index (Phi) is 6.57. The number of hydrogen-bond donors (Lipinski definition) is 1. The molecule has 156 valence electrons. The highest BCUT2D eigenvalue weighted by Crippen LogP contribution is 2.11. The van der Waals surface area contributed by atoms with E-state index in [0.717, 1.165) is 56.3 Å². The Balaban J connectivity index is 1.27. The van der Waals surface area contributed by atoms with Crippen molar-refractivity contribution in [1.82, 2.24) is 19.8 Å². The maximum absolute atomic E-state index is 12.5. The van der Waals surface area contributed by atoms with Gasteiger partial charge in [0.1, 0.15) is 5.82 Å². The molecule has 0 atom stereocenters. The molecular weight excluding hydrogens is 376 g/mol. The Hall–Kier alpha value is -2.96. The van der Waals surface area contributed by atoms with Crippen molar-refractivity contribution in [1.29, 1.82) is 0 Å². The molecule has 1 amide bonds. The fourth-order valence-electron chi connectivity index (χ4n) is 3.59. The molecule has 3 aromatic rings. The van der Waals surface area contributed by atoms with Crippen molar-refractivity contribution in [3.63, 3.8) is 0 Å². The van der Waals surface area contributed by atoms with Gasteiger partial charge in [-0.3, -0.25) is 9.69 Å². The molecule has 1 aromatic heterocycles. The van der Waals surface area contributed by atoms with Gasteiger partial charge < -0.3 is 14.6 Å². The van der Waals surface area contributed by atoms with E-state index in [4.69, 9.17) is 4.74 Å². The van der Waals surface area contributed by atoms with E-state index in [9.17, 15) is 4.79 Å². The van der Waals surface area contributed by atoms with Gasteiger partial charge in [-0.1, -0.05) is 36.4 Å². The maximum Gasteiger partial charge on any atom is 0.251 e. The number of aromatic nitrogens is 2. The van der Waals surface area contributed by atoms with Crippen LogP contribution in [0.4, 0.5) is 0 Å². The second-order valence-electron chi connectivity index (χ2n) is 7.69. The number of hydrogen-bond acceptors (Lipinski definition) is 4. The topological polar surface area (TPSA) is 59.4 Å². The molecule has 1 N–H and O–H groups in total. The Labute approximate surface area is 177 Å². The summed E-state index contributed by atoms with van der Waals surface area (Å²) >= 11 is 0. The zero-order valence-corrected chi connectivity index (χ0v) is 17.4. The normalized spacial score (nSPS) is 14.6. The molecule has 1 aliphatic heterocycles. The van der Waals surface area contributed by atoms with Crippen LogP contribution in [-0.4, -0.2) is 46.7 Å². The Morgan fingerprint density at radius 1 is 0.967 bits per heavy atom. The smallest absolute Gasteiger partial charge is 0.251 e. The number of imidazole rings is 1. The highest BCUT2D eigenvalue weighted by Gasteiger charge is 2.11. The summed E-state index contributed by atoms with van der Waals surface area (Å²) < 4.78 is 7.48. The lowest BCUT2D eigenvalue weighted by atomic mass is 10.1. The van der Waals surface area contributed by atoms with Crippen LogP contribution in [0.15, 0.2) is 60.9 Å². The molecule has 6 heteroatoms. The molecule has 0 saturated carbocycles. The molecule has 2 aromatic carbocycles. The maximum atomic E-state index is 12.5. The average Bonchev–Trinajstić information content (AvgIpc) is 3.18. The third kappa shape index (κ3) is 5.34. The van der Waals surface area contributed by atoms with Crippen molar-refractivity contribution >= 4 is 5.91 Å². The van der Waals surface area contributed by atoms with E-state index in [1.807, 2.05) is 37.4 Å². The van der Waals surface area contributed by atoms with E-state index >= 15 is 0 Å². The van der Waals surface area contributed by atoms with Crippen LogP contribution >= 0.6 is 0 Å². The third-order valence-corrected chi connectivity index (χ3v) is 5.48. The van der Waals surface area contributed by atoms with Crippen LogP contribution in [0.1, 0.15) is 32.9 Å². The minimum absolute atomic E-state index is 0.0576. The lowest BCUT2D eigenvalue weighted by Gasteiger charge is -2.26. The first-order valence-corrected chi connectivity index (χ1v) is 10.4. The van der Waals surface area contributed by atoms with Crippen LogP contribution in [0.25, 0.3) is 0 Å². The fraction of sp³-hybridized carbons (Fsp3) is 0.333. The minimum atomic E-state index is -0.0576. The second kappa shape index (κ2) is 9.69. The molecule has 1 saturated heterocycles. The van der Waals surface area contributed by atoms with E-state index in [2.05, 4.69) is 44.0 Å². The van der Waals surface area contributed by atoms with Crippen molar-refractivity contribution in [2.24, 2.45) is 0 Å². The number of aryl methyl sites for hydroxylation is 1. The third-order valence-electron chi connectivity index (χ3n) is 5.48. The van der Waals surface area contributed by atoms with Gasteiger partial charge in [-0.25, -0.2) is 4.98 Å². The molecule has 0 radical (unpaired) electrons. The first-order chi connectivity index (χ1) is 14.7. The van der Waals surface area contributed by atoms with Gasteiger partial charge in [0.2, 0.25) is 0 Å². The zero-order chi connectivity index (χ0) is 20.8. The molecule has 30 heavy (non-hydrogen) atoms. The Morgan fingerprint density at radius 2 is 1.60 bits per heavy atom. The zero-order valence-electron chi connectivity index (χ0n) is 17.4. The van der Waals surface area contributed by atoms with E-state index in [1.165, 1.54) is 5.56 Å². The van der Waals surface area contributed by atoms with Crippen LogP contribution in [0.3, 0.4) is 0 Å². The van der Waals surface area contributed by atoms with Gasteiger partial charge in [-0.15, -0.1) is 0 Å². The molecule has 1 aliphatic rings. The number of ether oxygens (including phenoxy) is 1. The largest absolute Gasteiger partial charge is 0.379 e. The number of nitrogens with one attached hydrogen (secondary N) is 1. The molecule has 6 nitrogen and oxygen atoms in total. The highest BCUT2D eigenvalue weighted by atomic mass is 16.5. The van der Waals surface area contributed by atoms with Crippen molar-refractivity contribution in [3.05, 3.63) is 89.0 Å². The van der Waals surface area contributed by atoms with Crippen LogP contribution in [0, 0.1) is 6.92 Å². The summed E-state index contributed by atoms with van der Waals surface area (Å²) in [4.78, 5) is 19.1. The summed E-state index contributed by atoms with van der Waals surface area (Å²) in [6.45, 7) is 7.80. The molecule has 0 bridgehead atoms. The van der Waals surface area contributed by atoms with E-state index in [1.54, 1.807) is 6.20 Å².